The molecule has 28 heavy (non-hydrogen) atoms. The van der Waals surface area contributed by atoms with E-state index in [1.807, 2.05) is 24.3 Å². The molecule has 0 saturated heterocycles. The Balaban J connectivity index is 1.86. The second-order valence-electron chi connectivity index (χ2n) is 7.41. The van der Waals surface area contributed by atoms with Crippen LogP contribution in [0.4, 0.5) is 5.69 Å². The number of benzene rings is 2. The summed E-state index contributed by atoms with van der Waals surface area (Å²) in [6.45, 7) is 4.45. The van der Waals surface area contributed by atoms with Gasteiger partial charge in [0.05, 0.1) is 5.69 Å². The average molecular weight is 378 g/mol. The third-order valence-corrected chi connectivity index (χ3v) is 5.37. The van der Waals surface area contributed by atoms with Gasteiger partial charge in [-0.15, -0.1) is 0 Å². The van der Waals surface area contributed by atoms with Crippen LogP contribution < -0.4 is 5.01 Å². The van der Waals surface area contributed by atoms with Crippen LogP contribution in [0.5, 0.6) is 0 Å². The molecule has 1 aliphatic rings. The van der Waals surface area contributed by atoms with E-state index in [0.717, 1.165) is 60.2 Å². The Labute approximate surface area is 168 Å². The Morgan fingerprint density at radius 3 is 2.39 bits per heavy atom. The summed E-state index contributed by atoms with van der Waals surface area (Å²) in [7, 11) is 2.14. The highest BCUT2D eigenvalue weighted by molar-refractivity contribution is 5.98. The van der Waals surface area contributed by atoms with Crippen molar-refractivity contribution in [1.82, 2.24) is 5.01 Å². The summed E-state index contributed by atoms with van der Waals surface area (Å²) in [5, 5.41) is 4.54. The van der Waals surface area contributed by atoms with Gasteiger partial charge >= 0.3 is 0 Å². The zero-order valence-corrected chi connectivity index (χ0v) is 17.3. The van der Waals surface area contributed by atoms with Crippen molar-refractivity contribution in [3.63, 3.8) is 0 Å². The molecule has 148 valence electrons. The maximum atomic E-state index is 11.4. The number of hydrazine groups is 1. The molecule has 1 aliphatic heterocycles. The molecule has 0 radical (unpaired) electrons. The lowest BCUT2D eigenvalue weighted by Gasteiger charge is -2.30. The minimum atomic E-state index is 0.224. The molecule has 4 heteroatoms. The fourth-order valence-corrected chi connectivity index (χ4v) is 3.75. The Morgan fingerprint density at radius 1 is 1.00 bits per heavy atom. The van der Waals surface area contributed by atoms with Crippen molar-refractivity contribution in [1.29, 1.82) is 0 Å². The van der Waals surface area contributed by atoms with Gasteiger partial charge in [-0.3, -0.25) is 14.8 Å². The van der Waals surface area contributed by atoms with Crippen molar-refractivity contribution in [2.24, 2.45) is 4.99 Å². The number of aliphatic imine (C=N–C) groups is 1. The molecule has 1 atom stereocenters. The summed E-state index contributed by atoms with van der Waals surface area (Å²) in [5.41, 5.74) is 3.88. The first-order chi connectivity index (χ1) is 13.7. The summed E-state index contributed by atoms with van der Waals surface area (Å²) in [6, 6.07) is 16.2. The van der Waals surface area contributed by atoms with E-state index in [1.165, 1.54) is 12.8 Å². The van der Waals surface area contributed by atoms with Crippen molar-refractivity contribution in [3.05, 3.63) is 54.1 Å². The molecule has 0 aromatic heterocycles. The molecule has 0 spiro atoms. The van der Waals surface area contributed by atoms with Crippen LogP contribution in [0.25, 0.3) is 11.1 Å². The number of carbonyl (C=O) groups is 1. The third-order valence-electron chi connectivity index (χ3n) is 5.37. The standard InChI is InChI=1S/C24H31N3O/c1-4-6-12-23-25-24(13-7-5-2)27(26(23)3)21-16-14-19(15-17-21)22-11-9-8-10-20(22)18-28/h8-11,14-18,23H,4-7,12-13H2,1-3H3. The molecule has 0 saturated carbocycles. The van der Waals surface area contributed by atoms with Crippen LogP contribution >= 0.6 is 0 Å². The smallest absolute Gasteiger partial charge is 0.150 e. The van der Waals surface area contributed by atoms with Crippen LogP contribution in [-0.2, 0) is 0 Å². The SMILES string of the molecule is CCCCC1=NC(CCCC)N(C)N1c1ccc(-c2ccccc2C=O)cc1. The van der Waals surface area contributed by atoms with E-state index >= 15 is 0 Å². The van der Waals surface area contributed by atoms with Gasteiger partial charge in [0.1, 0.15) is 12.0 Å². The number of rotatable bonds is 9. The first kappa shape index (κ1) is 20.3. The van der Waals surface area contributed by atoms with E-state index in [-0.39, 0.29) is 6.17 Å². The lowest BCUT2D eigenvalue weighted by molar-refractivity contribution is 0.112. The number of unbranched alkanes of at least 4 members (excludes halogenated alkanes) is 2. The van der Waals surface area contributed by atoms with Gasteiger partial charge in [-0.2, -0.15) is 5.01 Å². The Hall–Kier alpha value is -2.46. The number of anilines is 1. The van der Waals surface area contributed by atoms with Gasteiger partial charge in [0, 0.05) is 19.0 Å². The molecule has 1 heterocycles. The van der Waals surface area contributed by atoms with E-state index in [9.17, 15) is 4.79 Å². The zero-order chi connectivity index (χ0) is 19.9. The van der Waals surface area contributed by atoms with Crippen LogP contribution in [0.2, 0.25) is 0 Å². The average Bonchev–Trinajstić information content (AvgIpc) is 3.06. The second kappa shape index (κ2) is 9.65. The summed E-state index contributed by atoms with van der Waals surface area (Å²) in [5.74, 6) is 1.16. The molecule has 0 fully saturated rings. The zero-order valence-electron chi connectivity index (χ0n) is 17.3. The molecule has 0 aliphatic carbocycles. The molecule has 2 aromatic carbocycles. The number of nitrogens with zero attached hydrogens (tertiary/aromatic N) is 3. The summed E-state index contributed by atoms with van der Waals surface area (Å²) in [6.07, 6.45) is 7.92. The van der Waals surface area contributed by atoms with Gasteiger partial charge < -0.3 is 0 Å². The summed E-state index contributed by atoms with van der Waals surface area (Å²) < 4.78 is 0. The molecule has 2 aromatic rings. The van der Waals surface area contributed by atoms with E-state index in [2.05, 4.69) is 55.2 Å². The molecule has 3 rings (SSSR count). The van der Waals surface area contributed by atoms with Crippen LogP contribution in [0.15, 0.2) is 53.5 Å². The van der Waals surface area contributed by atoms with Gasteiger partial charge in [-0.05, 0) is 36.1 Å². The topological polar surface area (TPSA) is 35.9 Å². The van der Waals surface area contributed by atoms with Crippen LogP contribution in [-0.4, -0.2) is 30.3 Å². The first-order valence-electron chi connectivity index (χ1n) is 10.4. The minimum absolute atomic E-state index is 0.224. The minimum Gasteiger partial charge on any atom is -0.298 e. The highest BCUT2D eigenvalue weighted by Gasteiger charge is 2.31. The van der Waals surface area contributed by atoms with Crippen molar-refractivity contribution in [3.8, 4) is 11.1 Å². The van der Waals surface area contributed by atoms with Gasteiger partial charge in [-0.25, -0.2) is 0 Å². The lowest BCUT2D eigenvalue weighted by atomic mass is 10.0. The number of amidine groups is 1. The number of hydrogen-bond donors (Lipinski definition) is 0. The molecular weight excluding hydrogens is 346 g/mol. The molecule has 0 amide bonds. The largest absolute Gasteiger partial charge is 0.298 e. The molecule has 0 bridgehead atoms. The maximum absolute atomic E-state index is 11.4. The fraction of sp³-hybridized carbons (Fsp3) is 0.417. The Kier molecular flexibility index (Phi) is 6.99. The van der Waals surface area contributed by atoms with Crippen LogP contribution in [0.1, 0.15) is 62.7 Å². The third kappa shape index (κ3) is 4.33. The molecule has 1 unspecified atom stereocenters. The van der Waals surface area contributed by atoms with Crippen molar-refractivity contribution in [2.45, 2.75) is 58.5 Å². The van der Waals surface area contributed by atoms with E-state index in [4.69, 9.17) is 4.99 Å². The van der Waals surface area contributed by atoms with Crippen LogP contribution in [0, 0.1) is 0 Å². The number of carbonyl (C=O) groups excluding carboxylic acids is 1. The number of aldehydes is 1. The number of hydrogen-bond acceptors (Lipinski definition) is 4. The quantitative estimate of drug-likeness (QED) is 0.508. The predicted molar refractivity (Wildman–Crippen MR) is 118 cm³/mol. The summed E-state index contributed by atoms with van der Waals surface area (Å²) in [4.78, 5) is 16.4. The van der Waals surface area contributed by atoms with Crippen LogP contribution in [0.3, 0.4) is 0 Å². The molecular formula is C24H31N3O. The van der Waals surface area contributed by atoms with Gasteiger partial charge in [0.25, 0.3) is 0 Å². The van der Waals surface area contributed by atoms with E-state index in [0.29, 0.717) is 0 Å². The molecule has 0 N–H and O–H groups in total. The monoisotopic (exact) mass is 377 g/mol. The van der Waals surface area contributed by atoms with Crippen molar-refractivity contribution in [2.75, 3.05) is 12.1 Å². The Bertz CT molecular complexity index is 813. The van der Waals surface area contributed by atoms with Gasteiger partial charge in [0.15, 0.2) is 6.29 Å². The maximum Gasteiger partial charge on any atom is 0.150 e. The van der Waals surface area contributed by atoms with Gasteiger partial charge in [-0.1, -0.05) is 69.5 Å². The van der Waals surface area contributed by atoms with Crippen molar-refractivity contribution >= 4 is 17.8 Å². The first-order valence-corrected chi connectivity index (χ1v) is 10.4. The molecule has 4 nitrogen and oxygen atoms in total. The predicted octanol–water partition coefficient (Wildman–Crippen LogP) is 5.94. The highest BCUT2D eigenvalue weighted by atomic mass is 16.1. The van der Waals surface area contributed by atoms with E-state index in [1.54, 1.807) is 0 Å². The normalized spacial score (nSPS) is 17.0. The highest BCUT2D eigenvalue weighted by Crippen LogP contribution is 2.30. The lowest BCUT2D eigenvalue weighted by Crippen LogP contribution is -2.42. The second-order valence-corrected chi connectivity index (χ2v) is 7.41. The fourth-order valence-electron chi connectivity index (χ4n) is 3.75. The Morgan fingerprint density at radius 2 is 1.71 bits per heavy atom. The summed E-state index contributed by atoms with van der Waals surface area (Å²) >= 11 is 0. The van der Waals surface area contributed by atoms with Gasteiger partial charge in [0.2, 0.25) is 0 Å². The van der Waals surface area contributed by atoms with E-state index < -0.39 is 0 Å². The van der Waals surface area contributed by atoms with Crippen molar-refractivity contribution < 1.29 is 4.79 Å².